The van der Waals surface area contributed by atoms with Crippen LogP contribution in [0.1, 0.15) is 11.9 Å². The highest BCUT2D eigenvalue weighted by molar-refractivity contribution is 9.10. The van der Waals surface area contributed by atoms with Crippen molar-refractivity contribution in [3.05, 3.63) is 52.8 Å². The van der Waals surface area contributed by atoms with Crippen molar-refractivity contribution in [2.75, 3.05) is 13.2 Å². The second-order valence-electron chi connectivity index (χ2n) is 3.90. The Labute approximate surface area is 108 Å². The SMILES string of the molecule is Brc1ccc(-n2ccc(C3OCCO3)c2)cc1. The second-order valence-corrected chi connectivity index (χ2v) is 4.82. The van der Waals surface area contributed by atoms with Crippen LogP contribution >= 0.6 is 15.9 Å². The molecule has 0 saturated carbocycles. The average molecular weight is 294 g/mol. The van der Waals surface area contributed by atoms with Crippen molar-refractivity contribution in [2.24, 2.45) is 0 Å². The Balaban J connectivity index is 1.86. The number of rotatable bonds is 2. The highest BCUT2D eigenvalue weighted by Gasteiger charge is 2.19. The van der Waals surface area contributed by atoms with Crippen LogP contribution in [-0.4, -0.2) is 17.8 Å². The summed E-state index contributed by atoms with van der Waals surface area (Å²) in [5.74, 6) is 0. The predicted molar refractivity (Wildman–Crippen MR) is 68.1 cm³/mol. The molecule has 0 bridgehead atoms. The largest absolute Gasteiger partial charge is 0.346 e. The number of ether oxygens (including phenoxy) is 2. The monoisotopic (exact) mass is 293 g/mol. The van der Waals surface area contributed by atoms with E-state index in [9.17, 15) is 0 Å². The lowest BCUT2D eigenvalue weighted by atomic mass is 10.3. The van der Waals surface area contributed by atoms with Gasteiger partial charge in [0.2, 0.25) is 0 Å². The Hall–Kier alpha value is -1.10. The first-order chi connectivity index (χ1) is 8.33. The molecule has 1 aliphatic heterocycles. The van der Waals surface area contributed by atoms with Gasteiger partial charge in [-0.3, -0.25) is 0 Å². The first-order valence-electron chi connectivity index (χ1n) is 5.50. The van der Waals surface area contributed by atoms with Gasteiger partial charge < -0.3 is 14.0 Å². The van der Waals surface area contributed by atoms with E-state index in [1.807, 2.05) is 30.6 Å². The molecule has 0 atom stereocenters. The summed E-state index contributed by atoms with van der Waals surface area (Å²) in [5.41, 5.74) is 2.18. The van der Waals surface area contributed by atoms with Gasteiger partial charge in [-0.05, 0) is 30.3 Å². The molecule has 1 aromatic heterocycles. The molecule has 2 aromatic rings. The molecule has 0 aliphatic carbocycles. The quantitative estimate of drug-likeness (QED) is 0.848. The van der Waals surface area contributed by atoms with Gasteiger partial charge in [-0.25, -0.2) is 0 Å². The Morgan fingerprint density at radius 3 is 2.47 bits per heavy atom. The lowest BCUT2D eigenvalue weighted by molar-refractivity contribution is -0.0440. The van der Waals surface area contributed by atoms with Crippen molar-refractivity contribution in [1.29, 1.82) is 0 Å². The van der Waals surface area contributed by atoms with Crippen LogP contribution in [0.3, 0.4) is 0 Å². The smallest absolute Gasteiger partial charge is 0.185 e. The van der Waals surface area contributed by atoms with E-state index in [-0.39, 0.29) is 6.29 Å². The fourth-order valence-corrected chi connectivity index (χ4v) is 2.14. The lowest BCUT2D eigenvalue weighted by Crippen LogP contribution is -1.96. The molecule has 1 aromatic carbocycles. The molecule has 2 heterocycles. The molecule has 1 fully saturated rings. The summed E-state index contributed by atoms with van der Waals surface area (Å²) < 4.78 is 14.1. The van der Waals surface area contributed by atoms with E-state index >= 15 is 0 Å². The van der Waals surface area contributed by atoms with Crippen molar-refractivity contribution in [2.45, 2.75) is 6.29 Å². The minimum atomic E-state index is -0.202. The maximum atomic E-state index is 5.46. The molecule has 3 nitrogen and oxygen atoms in total. The summed E-state index contributed by atoms with van der Waals surface area (Å²) >= 11 is 3.43. The first kappa shape index (κ1) is 11.0. The summed E-state index contributed by atoms with van der Waals surface area (Å²) in [6.45, 7) is 1.35. The zero-order valence-corrected chi connectivity index (χ0v) is 10.8. The van der Waals surface area contributed by atoms with Gasteiger partial charge in [-0.15, -0.1) is 0 Å². The fourth-order valence-electron chi connectivity index (χ4n) is 1.88. The molecule has 0 amide bonds. The Morgan fingerprint density at radius 2 is 1.76 bits per heavy atom. The van der Waals surface area contributed by atoms with Crippen LogP contribution in [0.5, 0.6) is 0 Å². The zero-order valence-electron chi connectivity index (χ0n) is 9.17. The second kappa shape index (κ2) is 4.64. The van der Waals surface area contributed by atoms with Gasteiger partial charge in [0.1, 0.15) is 0 Å². The Bertz CT molecular complexity index is 500. The van der Waals surface area contributed by atoms with Crippen molar-refractivity contribution in [3.63, 3.8) is 0 Å². The van der Waals surface area contributed by atoms with E-state index in [4.69, 9.17) is 9.47 Å². The van der Waals surface area contributed by atoms with E-state index < -0.39 is 0 Å². The number of nitrogens with zero attached hydrogens (tertiary/aromatic N) is 1. The van der Waals surface area contributed by atoms with Crippen molar-refractivity contribution < 1.29 is 9.47 Å². The summed E-state index contributed by atoms with van der Waals surface area (Å²) in [6, 6.07) is 10.2. The normalized spacial score (nSPS) is 16.5. The number of benzene rings is 1. The van der Waals surface area contributed by atoms with Gasteiger partial charge in [0.05, 0.1) is 13.2 Å². The summed E-state index contributed by atoms with van der Waals surface area (Å²) in [6.07, 6.45) is 3.86. The summed E-state index contributed by atoms with van der Waals surface area (Å²) in [4.78, 5) is 0. The lowest BCUT2D eigenvalue weighted by Gasteiger charge is -2.06. The van der Waals surface area contributed by atoms with Crippen molar-refractivity contribution in [3.8, 4) is 5.69 Å². The van der Waals surface area contributed by atoms with E-state index in [0.29, 0.717) is 13.2 Å². The zero-order chi connectivity index (χ0) is 11.7. The topological polar surface area (TPSA) is 23.4 Å². The molecule has 88 valence electrons. The van der Waals surface area contributed by atoms with E-state index in [1.165, 1.54) is 0 Å². The van der Waals surface area contributed by atoms with Gasteiger partial charge in [0.25, 0.3) is 0 Å². The molecule has 0 unspecified atom stereocenters. The fraction of sp³-hybridized carbons (Fsp3) is 0.231. The van der Waals surface area contributed by atoms with Crippen LogP contribution in [-0.2, 0) is 9.47 Å². The number of hydrogen-bond donors (Lipinski definition) is 0. The third-order valence-corrected chi connectivity index (χ3v) is 3.26. The number of halogens is 1. The van der Waals surface area contributed by atoms with Crippen molar-refractivity contribution in [1.82, 2.24) is 4.57 Å². The van der Waals surface area contributed by atoms with E-state index in [0.717, 1.165) is 15.7 Å². The molecular weight excluding hydrogens is 282 g/mol. The molecule has 17 heavy (non-hydrogen) atoms. The third-order valence-electron chi connectivity index (χ3n) is 2.73. The van der Waals surface area contributed by atoms with Crippen LogP contribution in [0.25, 0.3) is 5.69 Å². The highest BCUT2D eigenvalue weighted by Crippen LogP contribution is 2.24. The van der Waals surface area contributed by atoms with E-state index in [1.54, 1.807) is 0 Å². The third kappa shape index (κ3) is 2.29. The molecule has 4 heteroatoms. The van der Waals surface area contributed by atoms with Crippen molar-refractivity contribution >= 4 is 15.9 Å². The summed E-state index contributed by atoms with van der Waals surface area (Å²) in [5, 5.41) is 0. The highest BCUT2D eigenvalue weighted by atomic mass is 79.9. The maximum Gasteiger partial charge on any atom is 0.185 e. The van der Waals surface area contributed by atoms with E-state index in [2.05, 4.69) is 32.6 Å². The Morgan fingerprint density at radius 1 is 1.06 bits per heavy atom. The predicted octanol–water partition coefficient (Wildman–Crippen LogP) is 3.29. The van der Waals surface area contributed by atoms with Crippen LogP contribution in [0.4, 0.5) is 0 Å². The van der Waals surface area contributed by atoms with Crippen LogP contribution in [0, 0.1) is 0 Å². The maximum absolute atomic E-state index is 5.46. The minimum absolute atomic E-state index is 0.202. The molecule has 1 aliphatic rings. The van der Waals surface area contributed by atoms with Crippen LogP contribution in [0.15, 0.2) is 47.2 Å². The van der Waals surface area contributed by atoms with Gasteiger partial charge >= 0.3 is 0 Å². The van der Waals surface area contributed by atoms with Gasteiger partial charge in [-0.2, -0.15) is 0 Å². The molecule has 0 radical (unpaired) electrons. The molecule has 1 saturated heterocycles. The first-order valence-corrected chi connectivity index (χ1v) is 6.29. The van der Waals surface area contributed by atoms with Crippen LogP contribution < -0.4 is 0 Å². The molecular formula is C13H12BrNO2. The van der Waals surface area contributed by atoms with Crippen LogP contribution in [0.2, 0.25) is 0 Å². The average Bonchev–Trinajstić information content (AvgIpc) is 3.00. The standard InChI is InChI=1S/C13H12BrNO2/c14-11-1-3-12(4-2-11)15-6-5-10(9-15)13-16-7-8-17-13/h1-6,9,13H,7-8H2. The summed E-state index contributed by atoms with van der Waals surface area (Å²) in [7, 11) is 0. The number of hydrogen-bond acceptors (Lipinski definition) is 2. The van der Waals surface area contributed by atoms with Gasteiger partial charge in [0.15, 0.2) is 6.29 Å². The Kier molecular flexibility index (Phi) is 3.01. The van der Waals surface area contributed by atoms with Gasteiger partial charge in [0, 0.05) is 28.1 Å². The van der Waals surface area contributed by atoms with Gasteiger partial charge in [-0.1, -0.05) is 15.9 Å². The molecule has 3 rings (SSSR count). The molecule has 0 N–H and O–H groups in total. The number of aromatic nitrogens is 1. The minimum Gasteiger partial charge on any atom is -0.346 e. The molecule has 0 spiro atoms.